The maximum absolute atomic E-state index is 13.0. The van der Waals surface area contributed by atoms with Gasteiger partial charge in [0.1, 0.15) is 0 Å². The van der Waals surface area contributed by atoms with E-state index in [9.17, 15) is 33.0 Å². The number of carbonyl (C=O) groups is 2. The maximum Gasteiger partial charge on any atom is 0.425 e. The standard InChI is InChI=1S/C26H27ClF3N3O5/c1-3-22(26(28,29)30)38-25(37)21(34)13-19(31-24(36)20-14-23(35)33(2)32-20)11-15-7-9-16(10-8-15)17-5-4-6-18(27)12-17/h4-10,12,14,19,21-22,34-35H,3,11,13H2,1-2H3,(H,31,36)/t19-,21-,22?/m1/s1. The molecule has 3 rings (SSSR count). The van der Waals surface area contributed by atoms with Gasteiger partial charge in [-0.05, 0) is 41.7 Å². The third kappa shape index (κ3) is 7.72. The van der Waals surface area contributed by atoms with Crippen molar-refractivity contribution in [3.63, 3.8) is 0 Å². The summed E-state index contributed by atoms with van der Waals surface area (Å²) < 4.78 is 44.6. The number of ether oxygens (including phenoxy) is 1. The highest BCUT2D eigenvalue weighted by Crippen LogP contribution is 2.26. The minimum atomic E-state index is -4.77. The van der Waals surface area contributed by atoms with Gasteiger partial charge in [0.25, 0.3) is 5.91 Å². The topological polar surface area (TPSA) is 114 Å². The minimum absolute atomic E-state index is 0.119. The van der Waals surface area contributed by atoms with Gasteiger partial charge in [-0.15, -0.1) is 0 Å². The van der Waals surface area contributed by atoms with Crippen LogP contribution in [0.4, 0.5) is 13.2 Å². The van der Waals surface area contributed by atoms with Crippen molar-refractivity contribution in [2.24, 2.45) is 7.05 Å². The van der Waals surface area contributed by atoms with E-state index in [2.05, 4.69) is 15.2 Å². The molecule has 0 radical (unpaired) electrons. The zero-order valence-electron chi connectivity index (χ0n) is 20.6. The van der Waals surface area contributed by atoms with Gasteiger partial charge in [0.05, 0.1) is 0 Å². The summed E-state index contributed by atoms with van der Waals surface area (Å²) in [6, 6.07) is 14.7. The number of aromatic hydroxyl groups is 1. The summed E-state index contributed by atoms with van der Waals surface area (Å²) in [5.74, 6) is -2.41. The van der Waals surface area contributed by atoms with Crippen LogP contribution in [0.5, 0.6) is 5.88 Å². The Morgan fingerprint density at radius 1 is 1.13 bits per heavy atom. The van der Waals surface area contributed by atoms with Crippen molar-refractivity contribution in [3.8, 4) is 17.0 Å². The van der Waals surface area contributed by atoms with E-state index in [4.69, 9.17) is 11.6 Å². The first kappa shape index (κ1) is 29.0. The van der Waals surface area contributed by atoms with Crippen LogP contribution in [0.25, 0.3) is 11.1 Å². The van der Waals surface area contributed by atoms with Crippen molar-refractivity contribution in [1.82, 2.24) is 15.1 Å². The van der Waals surface area contributed by atoms with Crippen LogP contribution in [-0.4, -0.2) is 56.3 Å². The lowest BCUT2D eigenvalue weighted by Crippen LogP contribution is -2.43. The molecule has 0 aliphatic carbocycles. The molecular formula is C26H27ClF3N3O5. The third-order valence-electron chi connectivity index (χ3n) is 5.79. The van der Waals surface area contributed by atoms with Crippen LogP contribution in [0.3, 0.4) is 0 Å². The Labute approximate surface area is 222 Å². The number of amides is 1. The Kier molecular flexibility index (Phi) is 9.40. The second-order valence-electron chi connectivity index (χ2n) is 8.72. The number of rotatable bonds is 10. The van der Waals surface area contributed by atoms with Crippen molar-refractivity contribution >= 4 is 23.5 Å². The molecule has 3 aromatic rings. The van der Waals surface area contributed by atoms with Gasteiger partial charge in [-0.3, -0.25) is 4.79 Å². The van der Waals surface area contributed by atoms with E-state index in [0.717, 1.165) is 21.9 Å². The maximum atomic E-state index is 13.0. The lowest BCUT2D eigenvalue weighted by molar-refractivity contribution is -0.225. The molecule has 2 aromatic carbocycles. The van der Waals surface area contributed by atoms with Crippen molar-refractivity contribution in [1.29, 1.82) is 0 Å². The fourth-order valence-electron chi connectivity index (χ4n) is 3.77. The average Bonchev–Trinajstić information content (AvgIpc) is 3.20. The van der Waals surface area contributed by atoms with Crippen LogP contribution in [0.2, 0.25) is 5.02 Å². The van der Waals surface area contributed by atoms with E-state index in [1.165, 1.54) is 14.0 Å². The fraction of sp³-hybridized carbons (Fsp3) is 0.346. The number of hydrogen-bond donors (Lipinski definition) is 3. The van der Waals surface area contributed by atoms with Gasteiger partial charge in [0.15, 0.2) is 17.9 Å². The molecule has 1 heterocycles. The van der Waals surface area contributed by atoms with Crippen LogP contribution in [0.1, 0.15) is 35.8 Å². The number of aryl methyl sites for hydroxylation is 1. The molecule has 0 spiro atoms. The zero-order valence-corrected chi connectivity index (χ0v) is 21.3. The molecule has 1 amide bonds. The van der Waals surface area contributed by atoms with Crippen molar-refractivity contribution in [3.05, 3.63) is 70.9 Å². The zero-order chi connectivity index (χ0) is 28.0. The Morgan fingerprint density at radius 2 is 1.82 bits per heavy atom. The van der Waals surface area contributed by atoms with Gasteiger partial charge in [-0.25, -0.2) is 9.48 Å². The van der Waals surface area contributed by atoms with Gasteiger partial charge in [-0.2, -0.15) is 18.3 Å². The molecule has 0 aliphatic rings. The number of alkyl halides is 3. The average molecular weight is 554 g/mol. The summed E-state index contributed by atoms with van der Waals surface area (Å²) >= 11 is 6.06. The van der Waals surface area contributed by atoms with E-state index in [-0.39, 0.29) is 18.0 Å². The highest BCUT2D eigenvalue weighted by atomic mass is 35.5. The van der Waals surface area contributed by atoms with Gasteiger partial charge in [0.2, 0.25) is 5.88 Å². The summed E-state index contributed by atoms with van der Waals surface area (Å²) in [5.41, 5.74) is 2.36. The molecule has 0 bridgehead atoms. The number of nitrogens with zero attached hydrogens (tertiary/aromatic N) is 2. The lowest BCUT2D eigenvalue weighted by atomic mass is 9.97. The normalized spacial score (nSPS) is 14.0. The smallest absolute Gasteiger partial charge is 0.425 e. The van der Waals surface area contributed by atoms with Gasteiger partial charge in [-0.1, -0.05) is 54.9 Å². The van der Waals surface area contributed by atoms with Crippen LogP contribution in [-0.2, 0) is 23.0 Å². The first-order valence-electron chi connectivity index (χ1n) is 11.7. The van der Waals surface area contributed by atoms with Crippen LogP contribution < -0.4 is 5.32 Å². The molecule has 38 heavy (non-hydrogen) atoms. The number of aliphatic hydroxyl groups excluding tert-OH is 1. The number of carbonyl (C=O) groups excluding carboxylic acids is 2. The van der Waals surface area contributed by atoms with E-state index in [1.54, 1.807) is 24.3 Å². The highest BCUT2D eigenvalue weighted by molar-refractivity contribution is 6.30. The monoisotopic (exact) mass is 553 g/mol. The van der Waals surface area contributed by atoms with E-state index in [1.807, 2.05) is 24.3 Å². The molecule has 8 nitrogen and oxygen atoms in total. The third-order valence-corrected chi connectivity index (χ3v) is 6.03. The van der Waals surface area contributed by atoms with E-state index < -0.39 is 49.1 Å². The van der Waals surface area contributed by atoms with Gasteiger partial charge >= 0.3 is 12.1 Å². The van der Waals surface area contributed by atoms with Crippen molar-refractivity contribution in [2.45, 2.75) is 50.6 Å². The van der Waals surface area contributed by atoms with E-state index >= 15 is 0 Å². The number of nitrogens with one attached hydrogen (secondary N) is 1. The van der Waals surface area contributed by atoms with Crippen molar-refractivity contribution in [2.75, 3.05) is 0 Å². The first-order chi connectivity index (χ1) is 17.9. The largest absolute Gasteiger partial charge is 0.493 e. The first-order valence-corrected chi connectivity index (χ1v) is 12.1. The molecule has 1 unspecified atom stereocenters. The van der Waals surface area contributed by atoms with Crippen LogP contribution >= 0.6 is 11.6 Å². The molecule has 3 atom stereocenters. The fourth-order valence-corrected chi connectivity index (χ4v) is 3.96. The summed E-state index contributed by atoms with van der Waals surface area (Å²) in [5, 5.41) is 27.1. The number of benzene rings is 2. The molecule has 204 valence electrons. The predicted molar refractivity (Wildman–Crippen MR) is 134 cm³/mol. The molecule has 3 N–H and O–H groups in total. The summed E-state index contributed by atoms with van der Waals surface area (Å²) in [6.45, 7) is 1.20. The predicted octanol–water partition coefficient (Wildman–Crippen LogP) is 4.42. The molecular weight excluding hydrogens is 527 g/mol. The minimum Gasteiger partial charge on any atom is -0.493 e. The summed E-state index contributed by atoms with van der Waals surface area (Å²) in [7, 11) is 1.43. The molecule has 0 aliphatic heterocycles. The molecule has 0 saturated carbocycles. The van der Waals surface area contributed by atoms with Crippen LogP contribution in [0, 0.1) is 0 Å². The number of aliphatic hydroxyl groups is 1. The molecule has 0 fully saturated rings. The lowest BCUT2D eigenvalue weighted by Gasteiger charge is -2.24. The Hall–Kier alpha value is -3.57. The summed E-state index contributed by atoms with van der Waals surface area (Å²) in [4.78, 5) is 25.0. The number of esters is 1. The van der Waals surface area contributed by atoms with Gasteiger partial charge < -0.3 is 20.3 Å². The van der Waals surface area contributed by atoms with Crippen molar-refractivity contribution < 1.29 is 37.7 Å². The highest BCUT2D eigenvalue weighted by Gasteiger charge is 2.42. The molecule has 12 heteroatoms. The number of hydrogen-bond acceptors (Lipinski definition) is 6. The molecule has 0 saturated heterocycles. The SMILES string of the molecule is CCC(OC(=O)[C@H](O)C[C@@H](Cc1ccc(-c2cccc(Cl)c2)cc1)NC(=O)c1cc(O)n(C)n1)C(F)(F)F. The second-order valence-corrected chi connectivity index (χ2v) is 9.16. The van der Waals surface area contributed by atoms with Gasteiger partial charge in [0, 0.05) is 30.6 Å². The number of halogens is 4. The Morgan fingerprint density at radius 3 is 2.37 bits per heavy atom. The summed E-state index contributed by atoms with van der Waals surface area (Å²) in [6.07, 6.45) is -9.87. The van der Waals surface area contributed by atoms with E-state index in [0.29, 0.717) is 10.6 Å². The Bertz CT molecular complexity index is 1240. The quantitative estimate of drug-likeness (QED) is 0.320. The number of aromatic nitrogens is 2. The molecule has 1 aromatic heterocycles. The second kappa shape index (κ2) is 12.3. The Balaban J connectivity index is 1.77. The van der Waals surface area contributed by atoms with Crippen LogP contribution in [0.15, 0.2) is 54.6 Å².